The molecule has 4 N–H and O–H groups in total. The first-order valence-electron chi connectivity index (χ1n) is 18.0. The highest BCUT2D eigenvalue weighted by atomic mass is 35.5. The molecule has 1 amide bonds. The van der Waals surface area contributed by atoms with E-state index in [4.69, 9.17) is 17.3 Å². The van der Waals surface area contributed by atoms with Crippen LogP contribution >= 0.6 is 23.5 Å². The predicted molar refractivity (Wildman–Crippen MR) is 213 cm³/mol. The lowest BCUT2D eigenvalue weighted by Gasteiger charge is -2.23. The molecule has 2 fully saturated rings. The quantitative estimate of drug-likeness (QED) is 0.0781. The molecule has 6 rings (SSSR count). The van der Waals surface area contributed by atoms with E-state index in [1.54, 1.807) is 20.1 Å². The Bertz CT molecular complexity index is 2540. The smallest absolute Gasteiger partial charge is 0.394 e. The lowest BCUT2D eigenvalue weighted by Crippen LogP contribution is -2.35. The van der Waals surface area contributed by atoms with Gasteiger partial charge < -0.3 is 15.8 Å². The number of carbonyl (C=O) groups excluding carboxylic acids is 1. The van der Waals surface area contributed by atoms with Crippen molar-refractivity contribution >= 4 is 62.7 Å². The zero-order valence-electron chi connectivity index (χ0n) is 32.3. The fraction of sp³-hybridized carbons (Fsp3) is 0.385. The van der Waals surface area contributed by atoms with Gasteiger partial charge in [-0.3, -0.25) is 18.7 Å². The molecule has 2 aliphatic rings. The summed E-state index contributed by atoms with van der Waals surface area (Å²) in [7, 11) is -1.48. The number of amides is 1. The number of hydrogen-bond acceptors (Lipinski definition) is 8. The van der Waals surface area contributed by atoms with Gasteiger partial charge >= 0.3 is 12.4 Å². The average Bonchev–Trinajstić information content (AvgIpc) is 3.82. The monoisotopic (exact) mass is 921 g/mol. The van der Waals surface area contributed by atoms with Crippen LogP contribution in [0.2, 0.25) is 5.02 Å². The molecule has 4 aromatic rings. The maximum atomic E-state index is 15.3. The lowest BCUT2D eigenvalue weighted by atomic mass is 9.93. The van der Waals surface area contributed by atoms with E-state index in [2.05, 4.69) is 37.0 Å². The number of fused-ring (bicyclic) bond motifs is 2. The number of pyridine rings is 1. The third-order valence-corrected chi connectivity index (χ3v) is 12.2. The Labute approximate surface area is 353 Å². The maximum Gasteiger partial charge on any atom is 0.431 e. The molecule has 2 saturated carbocycles. The Kier molecular flexibility index (Phi) is 12.6. The van der Waals surface area contributed by atoms with Crippen LogP contribution in [0.4, 0.5) is 49.7 Å². The molecule has 9 nitrogen and oxygen atoms in total. The normalized spacial score (nSPS) is 19.9. The van der Waals surface area contributed by atoms with Gasteiger partial charge in [0, 0.05) is 52.0 Å². The summed E-state index contributed by atoms with van der Waals surface area (Å²) in [5, 5.41) is 6.70. The topological polar surface area (TPSA) is 127 Å². The Morgan fingerprint density at radius 1 is 1.10 bits per heavy atom. The lowest BCUT2D eigenvalue weighted by molar-refractivity contribution is -0.141. The van der Waals surface area contributed by atoms with Gasteiger partial charge in [-0.25, -0.2) is 13.8 Å². The van der Waals surface area contributed by atoms with Gasteiger partial charge in [0.25, 0.3) is 5.92 Å². The second-order valence-electron chi connectivity index (χ2n) is 14.8. The highest BCUT2D eigenvalue weighted by Crippen LogP contribution is 2.62. The summed E-state index contributed by atoms with van der Waals surface area (Å²) >= 11 is 7.56. The zero-order valence-corrected chi connectivity index (χ0v) is 34.6. The van der Waals surface area contributed by atoms with Crippen molar-refractivity contribution in [3.8, 4) is 23.0 Å². The summed E-state index contributed by atoms with van der Waals surface area (Å²) in [6.07, 6.45) is -7.73. The van der Waals surface area contributed by atoms with Crippen LogP contribution in [-0.4, -0.2) is 72.7 Å². The minimum atomic E-state index is -5.18. The van der Waals surface area contributed by atoms with Gasteiger partial charge in [0.1, 0.15) is 46.6 Å². The maximum absolute atomic E-state index is 15.3. The van der Waals surface area contributed by atoms with Gasteiger partial charge in [-0.2, -0.15) is 40.2 Å². The molecular weight excluding hydrogens is 888 g/mol. The second-order valence-corrected chi connectivity index (χ2v) is 17.7. The third kappa shape index (κ3) is 9.81. The predicted octanol–water partition coefficient (Wildman–Crippen LogP) is 8.69. The fourth-order valence-corrected chi connectivity index (χ4v) is 7.74. The van der Waals surface area contributed by atoms with E-state index in [1.807, 2.05) is 0 Å². The number of halogens is 11. The van der Waals surface area contributed by atoms with E-state index in [-0.39, 0.29) is 56.2 Å². The second kappa shape index (κ2) is 16.8. The SMILES string of the molecule is CSNc1nn(CC(F)(F)F)c2c(-c3ccc(C#CC(C)(C)S(C)=O)nc3C(Cc3cc(F)cc(F)c3)NC(=O)CN=C3/C(=C(\N)C(F)(F)F)C4CC4C3(F)F)ccc(Cl)c12. The van der Waals surface area contributed by atoms with Crippen molar-refractivity contribution in [1.29, 1.82) is 0 Å². The van der Waals surface area contributed by atoms with Crippen molar-refractivity contribution in [2.75, 3.05) is 23.8 Å². The van der Waals surface area contributed by atoms with Gasteiger partial charge in [0.2, 0.25) is 5.91 Å². The van der Waals surface area contributed by atoms with Gasteiger partial charge in [0.05, 0.1) is 27.7 Å². The summed E-state index contributed by atoms with van der Waals surface area (Å²) in [6, 6.07) is 6.41. The van der Waals surface area contributed by atoms with Crippen LogP contribution in [0.15, 0.2) is 58.7 Å². The molecule has 22 heteroatoms. The number of nitrogens with zero attached hydrogens (tertiary/aromatic N) is 4. The standard InChI is InChI=1S/C39H34ClF10N7O2S2/c1-36(2,61(4)59)10-9-21-5-6-22(23-7-8-26(40)30-32(23)57(17-37(43,44)45)55-35(30)56-60-3)31(53-21)27(13-18-11-19(41)14-20(42)12-18)54-28(58)16-52-34-29(33(51)39(48,49)50)24-15-25(24)38(34,46)47/h5-8,11-12,14,24-25,27H,13,15-17,51H2,1-4H3,(H,54,58)(H,55,56)/b33-29-,52-34?. The summed E-state index contributed by atoms with van der Waals surface area (Å²) in [5.41, 5.74) is 0.914. The van der Waals surface area contributed by atoms with Crippen LogP contribution in [0.3, 0.4) is 0 Å². The molecule has 2 aliphatic carbocycles. The molecule has 4 atom stereocenters. The highest BCUT2D eigenvalue weighted by molar-refractivity contribution is 7.99. The first kappa shape index (κ1) is 45.7. The molecule has 2 aromatic carbocycles. The molecule has 0 bridgehead atoms. The highest BCUT2D eigenvalue weighted by Gasteiger charge is 2.68. The van der Waals surface area contributed by atoms with Crippen molar-refractivity contribution < 1.29 is 52.9 Å². The number of allylic oxidation sites excluding steroid dienone is 2. The van der Waals surface area contributed by atoms with Gasteiger partial charge in [-0.1, -0.05) is 35.5 Å². The van der Waals surface area contributed by atoms with Crippen LogP contribution in [0.25, 0.3) is 22.0 Å². The minimum absolute atomic E-state index is 0.00403. The van der Waals surface area contributed by atoms with Gasteiger partial charge in [-0.05, 0) is 74.4 Å². The Morgan fingerprint density at radius 2 is 1.75 bits per heavy atom. The van der Waals surface area contributed by atoms with E-state index in [0.29, 0.717) is 10.7 Å². The Morgan fingerprint density at radius 3 is 2.36 bits per heavy atom. The minimum Gasteiger partial charge on any atom is -0.394 e. The number of carbonyl (C=O) groups is 1. The molecule has 2 heterocycles. The van der Waals surface area contributed by atoms with Crippen molar-refractivity contribution in [3.05, 3.63) is 87.3 Å². The number of benzene rings is 2. The first-order valence-corrected chi connectivity index (χ1v) is 21.2. The Balaban J connectivity index is 1.55. The van der Waals surface area contributed by atoms with Crippen LogP contribution < -0.4 is 15.8 Å². The summed E-state index contributed by atoms with van der Waals surface area (Å²) in [4.78, 5) is 22.0. The van der Waals surface area contributed by atoms with E-state index in [1.165, 1.54) is 30.5 Å². The van der Waals surface area contributed by atoms with E-state index >= 15 is 8.78 Å². The molecule has 326 valence electrons. The molecule has 61 heavy (non-hydrogen) atoms. The molecule has 2 aromatic heterocycles. The van der Waals surface area contributed by atoms with E-state index < -0.39 is 106 Å². The first-order chi connectivity index (χ1) is 28.3. The number of rotatable bonds is 11. The number of hydrogen-bond donors (Lipinski definition) is 3. The van der Waals surface area contributed by atoms with Crippen molar-refractivity contribution in [2.45, 2.75) is 62.3 Å². The summed E-state index contributed by atoms with van der Waals surface area (Å²) in [5.74, 6) is -4.21. The fourth-order valence-electron chi connectivity index (χ4n) is 6.96. The van der Waals surface area contributed by atoms with Crippen molar-refractivity contribution in [3.63, 3.8) is 0 Å². The summed E-state index contributed by atoms with van der Waals surface area (Å²) < 4.78 is 158. The van der Waals surface area contributed by atoms with Crippen LogP contribution in [-0.2, 0) is 28.6 Å². The number of aromatic nitrogens is 3. The van der Waals surface area contributed by atoms with E-state index in [9.17, 15) is 44.1 Å². The molecule has 0 radical (unpaired) electrons. The van der Waals surface area contributed by atoms with Crippen LogP contribution in [0.1, 0.15) is 43.3 Å². The molecule has 0 saturated heterocycles. The third-order valence-electron chi connectivity index (χ3n) is 10.00. The number of alkyl halides is 8. The molecule has 0 spiro atoms. The van der Waals surface area contributed by atoms with Crippen molar-refractivity contribution in [1.82, 2.24) is 20.1 Å². The zero-order chi connectivity index (χ0) is 45.0. The van der Waals surface area contributed by atoms with Crippen molar-refractivity contribution in [2.24, 2.45) is 22.6 Å². The van der Waals surface area contributed by atoms with Gasteiger partial charge in [0.15, 0.2) is 5.82 Å². The molecule has 4 unspecified atom stereocenters. The number of aliphatic imine (C=N–C) groups is 1. The van der Waals surface area contributed by atoms with Crippen LogP contribution in [0, 0.1) is 35.3 Å². The molecule has 0 aliphatic heterocycles. The average molecular weight is 922 g/mol. The molecular formula is C39H34ClF10N7O2S2. The largest absolute Gasteiger partial charge is 0.431 e. The van der Waals surface area contributed by atoms with Gasteiger partial charge in [-0.15, -0.1) is 0 Å². The number of anilines is 1. The number of nitrogens with two attached hydrogens (primary N) is 1. The van der Waals surface area contributed by atoms with Crippen LogP contribution in [0.5, 0.6) is 0 Å². The Hall–Kier alpha value is -4.81. The van der Waals surface area contributed by atoms with E-state index in [0.717, 1.165) is 24.1 Å². The summed E-state index contributed by atoms with van der Waals surface area (Å²) in [6.45, 7) is 0.404. The number of nitrogens with one attached hydrogen (secondary N) is 2.